The summed E-state index contributed by atoms with van der Waals surface area (Å²) in [4.78, 5) is 35.5. The summed E-state index contributed by atoms with van der Waals surface area (Å²) in [6, 6.07) is 3.83. The summed E-state index contributed by atoms with van der Waals surface area (Å²) in [5, 5.41) is 7.83. The number of hydrogen-bond donors (Lipinski definition) is 1. The molecular formula is C28H47N4O9P. The quantitative estimate of drug-likeness (QED) is 0.0666. The van der Waals surface area contributed by atoms with E-state index in [2.05, 4.69) is 10.3 Å². The van der Waals surface area contributed by atoms with Gasteiger partial charge in [-0.3, -0.25) is 14.2 Å². The van der Waals surface area contributed by atoms with Gasteiger partial charge in [-0.1, -0.05) is 51.0 Å². The number of likely N-dealkylation sites (N-methyl/N-ethyl adjacent to an activating group) is 1. The van der Waals surface area contributed by atoms with Crippen LogP contribution in [-0.4, -0.2) is 80.3 Å². The number of nitrogens with two attached hydrogens (primary N) is 1. The number of rotatable bonds is 22. The predicted molar refractivity (Wildman–Crippen MR) is 155 cm³/mol. The van der Waals surface area contributed by atoms with E-state index in [0.29, 0.717) is 28.7 Å². The van der Waals surface area contributed by atoms with Gasteiger partial charge < -0.3 is 33.6 Å². The molecule has 238 valence electrons. The maximum absolute atomic E-state index is 12.3. The zero-order valence-corrected chi connectivity index (χ0v) is 26.3. The van der Waals surface area contributed by atoms with E-state index in [1.54, 1.807) is 0 Å². The molecule has 1 unspecified atom stereocenters. The lowest BCUT2D eigenvalue weighted by Gasteiger charge is -2.28. The van der Waals surface area contributed by atoms with Gasteiger partial charge in [-0.15, -0.1) is 0 Å². The molecule has 0 fully saturated rings. The van der Waals surface area contributed by atoms with Crippen LogP contribution in [0.3, 0.4) is 0 Å². The molecule has 1 heterocycles. The van der Waals surface area contributed by atoms with Crippen LogP contribution in [0.2, 0.25) is 0 Å². The molecule has 0 aliphatic rings. The summed E-state index contributed by atoms with van der Waals surface area (Å²) >= 11 is 0. The van der Waals surface area contributed by atoms with Gasteiger partial charge in [0.05, 0.1) is 33.4 Å². The van der Waals surface area contributed by atoms with E-state index in [0.717, 1.165) is 68.9 Å². The Bertz CT molecular complexity index is 1150. The van der Waals surface area contributed by atoms with E-state index in [4.69, 9.17) is 28.9 Å². The highest BCUT2D eigenvalue weighted by Crippen LogP contribution is 2.38. The van der Waals surface area contributed by atoms with E-state index < -0.39 is 32.5 Å². The molecule has 1 aromatic heterocycles. The number of ether oxygens (including phenoxy) is 2. The Balaban J connectivity index is 1.55. The van der Waals surface area contributed by atoms with Crippen molar-refractivity contribution in [3.8, 4) is 0 Å². The molecular weight excluding hydrogens is 567 g/mol. The number of aryl methyl sites for hydroxylation is 1. The summed E-state index contributed by atoms with van der Waals surface area (Å²) in [5.41, 5.74) is 8.95. The number of aromatic nitrogens is 2. The van der Waals surface area contributed by atoms with Crippen molar-refractivity contribution in [2.24, 2.45) is 0 Å². The van der Waals surface area contributed by atoms with Crippen molar-refractivity contribution in [1.29, 1.82) is 0 Å². The lowest BCUT2D eigenvalue weighted by Crippen LogP contribution is -2.37. The van der Waals surface area contributed by atoms with Crippen molar-refractivity contribution in [3.63, 3.8) is 0 Å². The molecule has 0 amide bonds. The minimum atomic E-state index is -4.60. The summed E-state index contributed by atoms with van der Waals surface area (Å²) < 4.78 is 37.3. The maximum Gasteiger partial charge on any atom is 0.306 e. The third-order valence-corrected chi connectivity index (χ3v) is 7.52. The Kier molecular flexibility index (Phi) is 15.4. The molecule has 14 heteroatoms. The highest BCUT2D eigenvalue weighted by Gasteiger charge is 2.21. The van der Waals surface area contributed by atoms with Gasteiger partial charge in [-0.05, 0) is 41.2 Å². The number of quaternary nitrogens is 1. The van der Waals surface area contributed by atoms with Gasteiger partial charge >= 0.3 is 11.9 Å². The van der Waals surface area contributed by atoms with Gasteiger partial charge in [-0.2, -0.15) is 0 Å². The standard InChI is InChI=1S/C28H47N4O9P/c1-22(33)37-20-24(21-39-42(35,36)38-19-18-32(2,3)4)40-26(34)15-13-11-9-7-5-6-8-10-12-14-23-16-17-25(29)28-27(23)30-41-31-28/h16-17,24H,5-15,18-21H2,1-4H3,(H2-,29,30,35,36)/t24-/m1/s1. The number of phosphoric acid groups is 1. The Morgan fingerprint density at radius 1 is 0.952 bits per heavy atom. The Morgan fingerprint density at radius 2 is 1.57 bits per heavy atom. The fourth-order valence-electron chi connectivity index (χ4n) is 4.17. The minimum Gasteiger partial charge on any atom is -0.756 e. The molecule has 2 rings (SSSR count). The minimum absolute atomic E-state index is 0.0468. The van der Waals surface area contributed by atoms with Crippen LogP contribution in [0.1, 0.15) is 76.7 Å². The van der Waals surface area contributed by atoms with E-state index in [9.17, 15) is 19.0 Å². The van der Waals surface area contributed by atoms with Crippen molar-refractivity contribution in [3.05, 3.63) is 17.7 Å². The third-order valence-electron chi connectivity index (χ3n) is 6.56. The average molecular weight is 615 g/mol. The van der Waals surface area contributed by atoms with Crippen LogP contribution in [0.15, 0.2) is 16.8 Å². The number of carbonyl (C=O) groups excluding carboxylic acids is 2. The topological polar surface area (TPSA) is 176 Å². The second-order valence-electron chi connectivity index (χ2n) is 11.5. The predicted octanol–water partition coefficient (Wildman–Crippen LogP) is 3.93. The number of phosphoric ester groups is 1. The molecule has 2 atom stereocenters. The van der Waals surface area contributed by atoms with Gasteiger partial charge in [0.15, 0.2) is 11.6 Å². The molecule has 0 saturated carbocycles. The molecule has 1 aromatic carbocycles. The van der Waals surface area contributed by atoms with Crippen LogP contribution in [0.4, 0.5) is 5.69 Å². The fraction of sp³-hybridized carbons (Fsp3) is 0.714. The highest BCUT2D eigenvalue weighted by atomic mass is 31.2. The summed E-state index contributed by atoms with van der Waals surface area (Å²) in [6.07, 6.45) is 9.33. The second kappa shape index (κ2) is 18.2. The molecule has 2 N–H and O–H groups in total. The monoisotopic (exact) mass is 614 g/mol. The molecule has 0 radical (unpaired) electrons. The lowest BCUT2D eigenvalue weighted by atomic mass is 10.0. The zero-order valence-electron chi connectivity index (χ0n) is 25.4. The number of hydrogen-bond acceptors (Lipinski definition) is 12. The lowest BCUT2D eigenvalue weighted by molar-refractivity contribution is -0.870. The number of esters is 2. The molecule has 13 nitrogen and oxygen atoms in total. The molecule has 0 aliphatic carbocycles. The number of fused-ring (bicyclic) bond motifs is 1. The molecule has 0 bridgehead atoms. The van der Waals surface area contributed by atoms with Crippen LogP contribution in [-0.2, 0) is 39.1 Å². The van der Waals surface area contributed by atoms with Crippen molar-refractivity contribution in [1.82, 2.24) is 10.3 Å². The first-order valence-corrected chi connectivity index (χ1v) is 16.1. The molecule has 0 saturated heterocycles. The Labute approximate surface area is 248 Å². The van der Waals surface area contributed by atoms with Gasteiger partial charge in [0.2, 0.25) is 0 Å². The largest absolute Gasteiger partial charge is 0.756 e. The van der Waals surface area contributed by atoms with Crippen molar-refractivity contribution < 1.29 is 46.7 Å². The number of benzene rings is 1. The van der Waals surface area contributed by atoms with Crippen LogP contribution < -0.4 is 10.6 Å². The van der Waals surface area contributed by atoms with Crippen LogP contribution >= 0.6 is 7.82 Å². The van der Waals surface area contributed by atoms with Crippen molar-refractivity contribution in [2.75, 3.05) is 53.2 Å². The molecule has 2 aromatic rings. The van der Waals surface area contributed by atoms with Crippen LogP contribution in [0, 0.1) is 0 Å². The van der Waals surface area contributed by atoms with Gasteiger partial charge in [0, 0.05) is 13.3 Å². The molecule has 0 spiro atoms. The van der Waals surface area contributed by atoms with E-state index in [-0.39, 0.29) is 19.6 Å². The molecule has 0 aliphatic heterocycles. The van der Waals surface area contributed by atoms with Gasteiger partial charge in [0.1, 0.15) is 25.3 Å². The fourth-order valence-corrected chi connectivity index (χ4v) is 4.90. The smallest absolute Gasteiger partial charge is 0.306 e. The van der Waals surface area contributed by atoms with Crippen LogP contribution in [0.25, 0.3) is 11.0 Å². The first-order valence-electron chi connectivity index (χ1n) is 14.6. The summed E-state index contributed by atoms with van der Waals surface area (Å²) in [7, 11) is 1.10. The summed E-state index contributed by atoms with van der Waals surface area (Å²) in [6.45, 7) is 0.823. The normalized spacial score (nSPS) is 14.0. The maximum atomic E-state index is 12.3. The summed E-state index contributed by atoms with van der Waals surface area (Å²) in [5.74, 6) is -1.07. The first-order chi connectivity index (χ1) is 19.9. The van der Waals surface area contributed by atoms with Crippen molar-refractivity contribution in [2.45, 2.75) is 83.7 Å². The zero-order chi connectivity index (χ0) is 31.0. The highest BCUT2D eigenvalue weighted by molar-refractivity contribution is 7.45. The SMILES string of the molecule is CC(=O)OC[C@H](COP(=O)([O-])OCC[N+](C)(C)C)OC(=O)CCCCCCCCCCCc1ccc(N)c2nonc12. The first kappa shape index (κ1) is 35.6. The van der Waals surface area contributed by atoms with Crippen molar-refractivity contribution >= 4 is 36.5 Å². The Morgan fingerprint density at radius 3 is 2.21 bits per heavy atom. The van der Waals surface area contributed by atoms with Crippen LogP contribution in [0.5, 0.6) is 0 Å². The van der Waals surface area contributed by atoms with E-state index in [1.807, 2.05) is 33.3 Å². The third kappa shape index (κ3) is 15.1. The number of nitrogen functional groups attached to an aromatic ring is 1. The second-order valence-corrected chi connectivity index (χ2v) is 12.9. The van der Waals surface area contributed by atoms with Gasteiger partial charge in [0.25, 0.3) is 7.82 Å². The van der Waals surface area contributed by atoms with E-state index >= 15 is 0 Å². The number of nitrogens with zero attached hydrogens (tertiary/aromatic N) is 3. The Hall–Kier alpha value is -2.57. The number of unbranched alkanes of at least 4 members (excludes halogenated alkanes) is 8. The van der Waals surface area contributed by atoms with Gasteiger partial charge in [-0.25, -0.2) is 4.63 Å². The average Bonchev–Trinajstić information content (AvgIpc) is 3.40. The number of anilines is 1. The number of carbonyl (C=O) groups is 2. The molecule has 42 heavy (non-hydrogen) atoms. The van der Waals surface area contributed by atoms with E-state index in [1.165, 1.54) is 6.92 Å².